The molecule has 0 unspecified atom stereocenters. The number of benzene rings is 1. The van der Waals surface area contributed by atoms with Gasteiger partial charge in [-0.05, 0) is 17.5 Å². The first kappa shape index (κ1) is 9.81. The van der Waals surface area contributed by atoms with Crippen LogP contribution in [0, 0.1) is 0 Å². The minimum atomic E-state index is 0. The lowest BCUT2D eigenvalue weighted by atomic mass is 10.2. The molecule has 0 N–H and O–H groups in total. The molecule has 1 aromatic carbocycles. The molecule has 2 aromatic rings. The van der Waals surface area contributed by atoms with E-state index in [0.717, 1.165) is 10.8 Å². The maximum atomic E-state index is 5.12. The first-order chi connectivity index (χ1) is 5.92. The van der Waals surface area contributed by atoms with Gasteiger partial charge in [0.1, 0.15) is 0 Å². The Morgan fingerprint density at radius 2 is 1.92 bits per heavy atom. The summed E-state index contributed by atoms with van der Waals surface area (Å²) in [6, 6.07) is 9.99. The van der Waals surface area contributed by atoms with E-state index < -0.39 is 0 Å². The molecule has 0 spiro atoms. The average molecular weight is 196 g/mol. The Hall–Kier alpha value is -1.28. The molecule has 0 aliphatic heterocycles. The zero-order valence-corrected chi connectivity index (χ0v) is 8.04. The molecule has 0 fully saturated rings. The maximum Gasteiger partial charge on any atom is 0.221 e. The van der Waals surface area contributed by atoms with Crippen LogP contribution >= 0.6 is 12.4 Å². The van der Waals surface area contributed by atoms with Gasteiger partial charge in [-0.15, -0.1) is 12.4 Å². The van der Waals surface area contributed by atoms with Crippen molar-refractivity contribution in [1.29, 1.82) is 0 Å². The van der Waals surface area contributed by atoms with Gasteiger partial charge in [0.15, 0.2) is 0 Å². The van der Waals surface area contributed by atoms with Crippen molar-refractivity contribution in [3.05, 3.63) is 36.5 Å². The summed E-state index contributed by atoms with van der Waals surface area (Å²) in [5.74, 6) is 0.688. The Bertz CT molecular complexity index is 398. The lowest BCUT2D eigenvalue weighted by Crippen LogP contribution is -1.87. The summed E-state index contributed by atoms with van der Waals surface area (Å²) in [6.07, 6.45) is 1.75. The van der Waals surface area contributed by atoms with Crippen molar-refractivity contribution in [3.63, 3.8) is 0 Å². The van der Waals surface area contributed by atoms with Crippen molar-refractivity contribution >= 4 is 23.2 Å². The van der Waals surface area contributed by atoms with Crippen LogP contribution in [0.1, 0.15) is 0 Å². The molecule has 68 valence electrons. The number of aromatic nitrogens is 1. The third-order valence-corrected chi connectivity index (χ3v) is 1.83. The summed E-state index contributed by atoms with van der Waals surface area (Å²) in [5, 5.41) is 2.21. The van der Waals surface area contributed by atoms with Gasteiger partial charge in [0.2, 0.25) is 5.88 Å². The number of ether oxygens (including phenoxy) is 1. The Morgan fingerprint density at radius 1 is 1.15 bits per heavy atom. The Morgan fingerprint density at radius 3 is 2.69 bits per heavy atom. The van der Waals surface area contributed by atoms with E-state index in [9.17, 15) is 0 Å². The van der Waals surface area contributed by atoms with Crippen LogP contribution in [0.25, 0.3) is 10.8 Å². The van der Waals surface area contributed by atoms with Crippen LogP contribution in [0.15, 0.2) is 36.5 Å². The van der Waals surface area contributed by atoms with Crippen molar-refractivity contribution in [2.75, 3.05) is 7.11 Å². The molecular weight excluding hydrogens is 186 g/mol. The molecule has 0 bridgehead atoms. The number of pyridine rings is 1. The molecule has 0 aliphatic carbocycles. The number of rotatable bonds is 1. The Balaban J connectivity index is 0.000000845. The lowest BCUT2D eigenvalue weighted by Gasteiger charge is -2.01. The number of halogens is 1. The minimum Gasteiger partial charge on any atom is -0.481 e. The molecule has 3 heteroatoms. The number of hydrogen-bond acceptors (Lipinski definition) is 2. The molecule has 1 heterocycles. The fraction of sp³-hybridized carbons (Fsp3) is 0.100. The number of fused-ring (bicyclic) bond motifs is 1. The van der Waals surface area contributed by atoms with E-state index >= 15 is 0 Å². The molecule has 2 nitrogen and oxygen atoms in total. The standard InChI is InChI=1S/C10H9NO.ClH/c1-12-10-9-5-3-2-4-8(9)6-7-11-10;/h2-7H,1H3;1H. The molecule has 13 heavy (non-hydrogen) atoms. The molecule has 0 saturated carbocycles. The van der Waals surface area contributed by atoms with Crippen molar-refractivity contribution in [1.82, 2.24) is 4.98 Å². The molecular formula is C10H10ClNO. The van der Waals surface area contributed by atoms with Crippen LogP contribution in [-0.2, 0) is 0 Å². The van der Waals surface area contributed by atoms with E-state index in [0.29, 0.717) is 5.88 Å². The van der Waals surface area contributed by atoms with Gasteiger partial charge in [0.25, 0.3) is 0 Å². The average Bonchev–Trinajstić information content (AvgIpc) is 2.17. The predicted octanol–water partition coefficient (Wildman–Crippen LogP) is 2.67. The van der Waals surface area contributed by atoms with Gasteiger partial charge in [-0.25, -0.2) is 4.98 Å². The second-order valence-corrected chi connectivity index (χ2v) is 2.54. The molecule has 0 saturated heterocycles. The SMILES string of the molecule is COc1nccc2ccccc12.Cl. The fourth-order valence-corrected chi connectivity index (χ4v) is 1.25. The maximum absolute atomic E-state index is 5.12. The zero-order valence-electron chi connectivity index (χ0n) is 7.23. The topological polar surface area (TPSA) is 22.1 Å². The van der Waals surface area contributed by atoms with Crippen LogP contribution in [0.2, 0.25) is 0 Å². The van der Waals surface area contributed by atoms with Crippen molar-refractivity contribution in [3.8, 4) is 5.88 Å². The van der Waals surface area contributed by atoms with Crippen LogP contribution in [0.4, 0.5) is 0 Å². The van der Waals surface area contributed by atoms with Gasteiger partial charge in [0.05, 0.1) is 7.11 Å². The second-order valence-electron chi connectivity index (χ2n) is 2.54. The summed E-state index contributed by atoms with van der Waals surface area (Å²) in [7, 11) is 1.63. The highest BCUT2D eigenvalue weighted by Gasteiger charge is 1.98. The smallest absolute Gasteiger partial charge is 0.221 e. The van der Waals surface area contributed by atoms with Crippen molar-refractivity contribution < 1.29 is 4.74 Å². The van der Waals surface area contributed by atoms with Crippen molar-refractivity contribution in [2.24, 2.45) is 0 Å². The Labute approximate surface area is 83.0 Å². The quantitative estimate of drug-likeness (QED) is 0.698. The minimum absolute atomic E-state index is 0. The van der Waals surface area contributed by atoms with Crippen LogP contribution in [-0.4, -0.2) is 12.1 Å². The van der Waals surface area contributed by atoms with E-state index in [1.165, 1.54) is 0 Å². The van der Waals surface area contributed by atoms with Crippen molar-refractivity contribution in [2.45, 2.75) is 0 Å². The highest BCUT2D eigenvalue weighted by Crippen LogP contribution is 2.21. The van der Waals surface area contributed by atoms with Crippen LogP contribution in [0.3, 0.4) is 0 Å². The first-order valence-electron chi connectivity index (χ1n) is 3.79. The summed E-state index contributed by atoms with van der Waals surface area (Å²) < 4.78 is 5.12. The second kappa shape index (κ2) is 4.10. The number of hydrogen-bond donors (Lipinski definition) is 0. The molecule has 1 aromatic heterocycles. The first-order valence-corrected chi connectivity index (χ1v) is 3.79. The van der Waals surface area contributed by atoms with Gasteiger partial charge in [-0.2, -0.15) is 0 Å². The van der Waals surface area contributed by atoms with Gasteiger partial charge in [-0.3, -0.25) is 0 Å². The van der Waals surface area contributed by atoms with E-state index in [1.807, 2.05) is 30.3 Å². The van der Waals surface area contributed by atoms with Gasteiger partial charge in [-0.1, -0.05) is 18.2 Å². The van der Waals surface area contributed by atoms with E-state index in [-0.39, 0.29) is 12.4 Å². The molecule has 0 radical (unpaired) electrons. The monoisotopic (exact) mass is 195 g/mol. The van der Waals surface area contributed by atoms with Gasteiger partial charge in [0, 0.05) is 11.6 Å². The summed E-state index contributed by atoms with van der Waals surface area (Å²) in [5.41, 5.74) is 0. The van der Waals surface area contributed by atoms with Crippen LogP contribution < -0.4 is 4.74 Å². The molecule has 0 atom stereocenters. The van der Waals surface area contributed by atoms with Crippen LogP contribution in [0.5, 0.6) is 5.88 Å². The lowest BCUT2D eigenvalue weighted by molar-refractivity contribution is 0.403. The molecule has 2 rings (SSSR count). The fourth-order valence-electron chi connectivity index (χ4n) is 1.25. The summed E-state index contributed by atoms with van der Waals surface area (Å²) in [4.78, 5) is 4.10. The number of nitrogens with zero attached hydrogens (tertiary/aromatic N) is 1. The highest BCUT2D eigenvalue weighted by molar-refractivity contribution is 5.86. The number of methoxy groups -OCH3 is 1. The molecule has 0 aliphatic rings. The largest absolute Gasteiger partial charge is 0.481 e. The summed E-state index contributed by atoms with van der Waals surface area (Å²) in [6.45, 7) is 0. The normalized spacial score (nSPS) is 9.31. The zero-order chi connectivity index (χ0) is 8.39. The summed E-state index contributed by atoms with van der Waals surface area (Å²) >= 11 is 0. The highest BCUT2D eigenvalue weighted by atomic mass is 35.5. The third kappa shape index (κ3) is 1.73. The van der Waals surface area contributed by atoms with E-state index in [2.05, 4.69) is 4.98 Å². The van der Waals surface area contributed by atoms with E-state index in [4.69, 9.17) is 4.74 Å². The molecule has 0 amide bonds. The van der Waals surface area contributed by atoms with Gasteiger partial charge < -0.3 is 4.74 Å². The van der Waals surface area contributed by atoms with E-state index in [1.54, 1.807) is 13.3 Å². The predicted molar refractivity (Wildman–Crippen MR) is 55.5 cm³/mol. The Kier molecular flexibility index (Phi) is 3.09. The van der Waals surface area contributed by atoms with Gasteiger partial charge >= 0.3 is 0 Å². The third-order valence-electron chi connectivity index (χ3n) is 1.83.